The minimum absolute atomic E-state index is 0.0476. The zero-order valence-electron chi connectivity index (χ0n) is 20.3. The Morgan fingerprint density at radius 3 is 2.77 bits per heavy atom. The highest BCUT2D eigenvalue weighted by Crippen LogP contribution is 2.27. The summed E-state index contributed by atoms with van der Waals surface area (Å²) in [7, 11) is 0. The van der Waals surface area contributed by atoms with Crippen LogP contribution in [0.5, 0.6) is 0 Å². The molecule has 5 rings (SSSR count). The van der Waals surface area contributed by atoms with E-state index in [1.165, 1.54) is 0 Å². The predicted octanol–water partition coefficient (Wildman–Crippen LogP) is 3.96. The van der Waals surface area contributed by atoms with E-state index >= 15 is 0 Å². The highest BCUT2D eigenvalue weighted by molar-refractivity contribution is 5.81. The fraction of sp³-hybridized carbons (Fsp3) is 0.481. The summed E-state index contributed by atoms with van der Waals surface area (Å²) in [4.78, 5) is 41.9. The molecule has 1 amide bonds. The first-order valence-electron chi connectivity index (χ1n) is 12.8. The first kappa shape index (κ1) is 23.3. The van der Waals surface area contributed by atoms with E-state index in [1.807, 2.05) is 42.2 Å². The number of nitrogens with one attached hydrogen (secondary N) is 1. The molecule has 184 valence electrons. The number of anilines is 1. The van der Waals surface area contributed by atoms with Crippen molar-refractivity contribution in [3.8, 4) is 11.4 Å². The number of aromatic amines is 1. The third kappa shape index (κ3) is 5.31. The molecule has 0 saturated carbocycles. The van der Waals surface area contributed by atoms with Gasteiger partial charge >= 0.3 is 5.97 Å². The molecule has 1 atom stereocenters. The van der Waals surface area contributed by atoms with E-state index in [4.69, 9.17) is 14.7 Å². The SMILES string of the molecule is CCOC(=O)CCc1cccc(-c2nc3nc(N4CCCC(C(=O)N5CCCC5)C4)ccc3[nH]2)c1. The maximum Gasteiger partial charge on any atom is 0.306 e. The first-order chi connectivity index (χ1) is 17.1. The number of H-pyrrole nitrogens is 1. The molecule has 1 N–H and O–H groups in total. The number of aromatic nitrogens is 3. The second kappa shape index (κ2) is 10.5. The molecular weight excluding hydrogens is 442 g/mol. The number of ether oxygens (including phenoxy) is 1. The number of piperidine rings is 1. The highest BCUT2D eigenvalue weighted by Gasteiger charge is 2.31. The average Bonchev–Trinajstić information content (AvgIpc) is 3.57. The summed E-state index contributed by atoms with van der Waals surface area (Å²) in [5.74, 6) is 1.80. The second-order valence-electron chi connectivity index (χ2n) is 9.45. The van der Waals surface area contributed by atoms with Crippen LogP contribution < -0.4 is 4.90 Å². The standard InChI is InChI=1S/C27H33N5O3/c1-2-35-24(33)13-10-19-7-5-8-20(17-19)25-28-22-11-12-23(29-26(22)30-25)32-16-6-9-21(18-32)27(34)31-14-3-4-15-31/h5,7-8,11-12,17,21H,2-4,6,9-10,13-16,18H2,1H3,(H,28,29,30). The number of imidazole rings is 1. The Morgan fingerprint density at radius 2 is 1.94 bits per heavy atom. The smallest absolute Gasteiger partial charge is 0.306 e. The number of pyridine rings is 1. The third-order valence-corrected chi connectivity index (χ3v) is 6.97. The molecule has 8 heteroatoms. The van der Waals surface area contributed by atoms with Gasteiger partial charge in [0, 0.05) is 38.2 Å². The summed E-state index contributed by atoms with van der Waals surface area (Å²) < 4.78 is 5.03. The number of fused-ring (bicyclic) bond motifs is 1. The van der Waals surface area contributed by atoms with Crippen molar-refractivity contribution in [2.24, 2.45) is 5.92 Å². The van der Waals surface area contributed by atoms with E-state index in [0.717, 1.165) is 73.6 Å². The van der Waals surface area contributed by atoms with Crippen LogP contribution in [0.4, 0.5) is 5.82 Å². The van der Waals surface area contributed by atoms with Gasteiger partial charge in [-0.3, -0.25) is 9.59 Å². The molecule has 2 aliphatic rings. The lowest BCUT2D eigenvalue weighted by molar-refractivity contribution is -0.143. The molecular formula is C27H33N5O3. The summed E-state index contributed by atoms with van der Waals surface area (Å²) in [6, 6.07) is 12.1. The Kier molecular flexibility index (Phi) is 6.97. The molecule has 2 aromatic heterocycles. The molecule has 0 radical (unpaired) electrons. The number of esters is 1. The Bertz CT molecular complexity index is 1200. The lowest BCUT2D eigenvalue weighted by Crippen LogP contribution is -2.44. The maximum atomic E-state index is 12.9. The molecule has 2 fully saturated rings. The molecule has 4 heterocycles. The molecule has 0 spiro atoms. The van der Waals surface area contributed by atoms with Crippen LogP contribution in [0, 0.1) is 5.92 Å². The van der Waals surface area contributed by atoms with Gasteiger partial charge in [-0.05, 0) is 62.8 Å². The van der Waals surface area contributed by atoms with E-state index in [1.54, 1.807) is 0 Å². The quantitative estimate of drug-likeness (QED) is 0.520. The van der Waals surface area contributed by atoms with Gasteiger partial charge in [-0.25, -0.2) is 9.97 Å². The van der Waals surface area contributed by atoms with Crippen molar-refractivity contribution >= 4 is 28.9 Å². The summed E-state index contributed by atoms with van der Waals surface area (Å²) in [5, 5.41) is 0. The van der Waals surface area contributed by atoms with Gasteiger partial charge in [0.25, 0.3) is 0 Å². The van der Waals surface area contributed by atoms with Crippen LogP contribution in [0.15, 0.2) is 36.4 Å². The molecule has 8 nitrogen and oxygen atoms in total. The number of hydrogen-bond acceptors (Lipinski definition) is 6. The zero-order valence-corrected chi connectivity index (χ0v) is 20.3. The minimum atomic E-state index is -0.180. The van der Waals surface area contributed by atoms with E-state index in [2.05, 4.69) is 16.0 Å². The van der Waals surface area contributed by atoms with Crippen molar-refractivity contribution < 1.29 is 14.3 Å². The van der Waals surface area contributed by atoms with E-state index in [9.17, 15) is 9.59 Å². The third-order valence-electron chi connectivity index (χ3n) is 6.97. The van der Waals surface area contributed by atoms with Gasteiger partial charge in [0.1, 0.15) is 11.6 Å². The molecule has 1 aromatic carbocycles. The fourth-order valence-corrected chi connectivity index (χ4v) is 5.13. The normalized spacial score (nSPS) is 18.3. The van der Waals surface area contributed by atoms with Crippen molar-refractivity contribution in [3.05, 3.63) is 42.0 Å². The van der Waals surface area contributed by atoms with Gasteiger partial charge in [0.05, 0.1) is 18.0 Å². The van der Waals surface area contributed by atoms with Crippen molar-refractivity contribution in [2.75, 3.05) is 37.7 Å². The van der Waals surface area contributed by atoms with Crippen LogP contribution in [0.2, 0.25) is 0 Å². The number of aryl methyl sites for hydroxylation is 1. The van der Waals surface area contributed by atoms with E-state index < -0.39 is 0 Å². The van der Waals surface area contributed by atoms with Gasteiger partial charge in [0.15, 0.2) is 5.65 Å². The Balaban J connectivity index is 1.30. The second-order valence-corrected chi connectivity index (χ2v) is 9.45. The van der Waals surface area contributed by atoms with Crippen LogP contribution in [0.1, 0.15) is 44.6 Å². The average molecular weight is 476 g/mol. The number of hydrogen-bond donors (Lipinski definition) is 1. The number of carbonyl (C=O) groups is 2. The topological polar surface area (TPSA) is 91.4 Å². The number of benzene rings is 1. The monoisotopic (exact) mass is 475 g/mol. The van der Waals surface area contributed by atoms with Crippen molar-refractivity contribution in [2.45, 2.75) is 45.4 Å². The van der Waals surface area contributed by atoms with Crippen molar-refractivity contribution in [1.29, 1.82) is 0 Å². The number of nitrogens with zero attached hydrogens (tertiary/aromatic N) is 4. The van der Waals surface area contributed by atoms with Gasteiger partial charge < -0.3 is 19.5 Å². The lowest BCUT2D eigenvalue weighted by Gasteiger charge is -2.34. The Hall–Kier alpha value is -3.42. The molecule has 0 aliphatic carbocycles. The molecule has 2 saturated heterocycles. The number of carbonyl (C=O) groups excluding carboxylic acids is 2. The van der Waals surface area contributed by atoms with Crippen LogP contribution >= 0.6 is 0 Å². The summed E-state index contributed by atoms with van der Waals surface area (Å²) in [6.45, 7) is 5.64. The summed E-state index contributed by atoms with van der Waals surface area (Å²) in [6.07, 6.45) is 5.18. The molecule has 35 heavy (non-hydrogen) atoms. The summed E-state index contributed by atoms with van der Waals surface area (Å²) >= 11 is 0. The van der Waals surface area contributed by atoms with E-state index in [-0.39, 0.29) is 11.9 Å². The molecule has 3 aromatic rings. The van der Waals surface area contributed by atoms with Crippen LogP contribution in [-0.4, -0.2) is 64.5 Å². The predicted molar refractivity (Wildman–Crippen MR) is 135 cm³/mol. The number of amides is 1. The zero-order chi connectivity index (χ0) is 24.2. The minimum Gasteiger partial charge on any atom is -0.466 e. The van der Waals surface area contributed by atoms with Crippen molar-refractivity contribution in [1.82, 2.24) is 19.9 Å². The lowest BCUT2D eigenvalue weighted by atomic mass is 9.96. The first-order valence-corrected chi connectivity index (χ1v) is 12.8. The molecule has 2 aliphatic heterocycles. The van der Waals surface area contributed by atoms with Crippen LogP contribution in [0.3, 0.4) is 0 Å². The van der Waals surface area contributed by atoms with Gasteiger partial charge in [-0.1, -0.05) is 18.2 Å². The largest absolute Gasteiger partial charge is 0.466 e. The fourth-order valence-electron chi connectivity index (χ4n) is 5.13. The molecule has 0 bridgehead atoms. The van der Waals surface area contributed by atoms with Crippen molar-refractivity contribution in [3.63, 3.8) is 0 Å². The summed E-state index contributed by atoms with van der Waals surface area (Å²) in [5.41, 5.74) is 3.57. The molecule has 1 unspecified atom stereocenters. The maximum absolute atomic E-state index is 12.9. The van der Waals surface area contributed by atoms with E-state index in [0.29, 0.717) is 37.5 Å². The highest BCUT2D eigenvalue weighted by atomic mass is 16.5. The van der Waals surface area contributed by atoms with Gasteiger partial charge in [0.2, 0.25) is 5.91 Å². The Labute approximate surface area is 205 Å². The number of likely N-dealkylation sites (tertiary alicyclic amines) is 1. The Morgan fingerprint density at radius 1 is 1.09 bits per heavy atom. The van der Waals surface area contributed by atoms with Gasteiger partial charge in [-0.15, -0.1) is 0 Å². The van der Waals surface area contributed by atoms with Gasteiger partial charge in [-0.2, -0.15) is 0 Å². The van der Waals surface area contributed by atoms with Crippen LogP contribution in [-0.2, 0) is 20.7 Å². The number of rotatable bonds is 7. The van der Waals surface area contributed by atoms with Crippen LogP contribution in [0.25, 0.3) is 22.6 Å².